The summed E-state index contributed by atoms with van der Waals surface area (Å²) < 4.78 is 5.09. The smallest absolute Gasteiger partial charge is 0.0754 e. The van der Waals surface area contributed by atoms with Gasteiger partial charge in [0, 0.05) is 21.5 Å². The molecule has 18 aromatic rings. The van der Waals surface area contributed by atoms with Crippen LogP contribution in [0.3, 0.4) is 0 Å². The van der Waals surface area contributed by atoms with Crippen LogP contribution in [-0.4, -0.2) is 9.13 Å². The molecule has 0 radical (unpaired) electrons. The van der Waals surface area contributed by atoms with E-state index in [1.165, 1.54) is 199 Å². The third-order valence-corrected chi connectivity index (χ3v) is 22.3. The van der Waals surface area contributed by atoms with Crippen LogP contribution < -0.4 is 0 Å². The summed E-state index contributed by atoms with van der Waals surface area (Å²) in [6.45, 7) is 0. The van der Waals surface area contributed by atoms with Crippen LogP contribution in [0.4, 0.5) is 0 Å². The van der Waals surface area contributed by atoms with E-state index >= 15 is 0 Å². The lowest BCUT2D eigenvalue weighted by Gasteiger charge is -2.39. The number of nitrogens with zero attached hydrogens (tertiary/aromatic N) is 2. The fourth-order valence-electron chi connectivity index (χ4n) is 18.9. The average molecular weight is 1190 g/mol. The highest BCUT2D eigenvalue weighted by atomic mass is 15.0. The molecular formula is C92H54N2. The van der Waals surface area contributed by atoms with Crippen molar-refractivity contribution in [3.05, 3.63) is 372 Å². The van der Waals surface area contributed by atoms with Gasteiger partial charge in [0.05, 0.1) is 44.3 Å². The van der Waals surface area contributed by atoms with Gasteiger partial charge in [-0.25, -0.2) is 0 Å². The van der Waals surface area contributed by atoms with Crippen LogP contribution in [-0.2, 0) is 10.8 Å². The van der Waals surface area contributed by atoms with Crippen LogP contribution in [0.1, 0.15) is 44.5 Å². The largest absolute Gasteiger partial charge is 0.309 e. The second-order valence-electron chi connectivity index (χ2n) is 26.4. The van der Waals surface area contributed by atoms with E-state index in [4.69, 9.17) is 0 Å². The molecular weight excluding hydrogens is 1130 g/mol. The van der Waals surface area contributed by atoms with E-state index in [0.29, 0.717) is 0 Å². The molecule has 0 saturated carbocycles. The van der Waals surface area contributed by atoms with E-state index in [-0.39, 0.29) is 0 Å². The number of rotatable bonds is 4. The van der Waals surface area contributed by atoms with E-state index in [0.717, 1.165) is 0 Å². The van der Waals surface area contributed by atoms with Gasteiger partial charge in [-0.05, 0) is 186 Å². The maximum absolute atomic E-state index is 2.58. The van der Waals surface area contributed by atoms with Gasteiger partial charge >= 0.3 is 0 Å². The average Bonchev–Trinajstić information content (AvgIpc) is 1.49. The summed E-state index contributed by atoms with van der Waals surface area (Å²) in [6.07, 6.45) is 0. The minimum atomic E-state index is -0.600. The standard InChI is InChI=1S/C92H54N2/c1-2-24-55(25-3-1)57-52-56-26-4-5-27-58(56)73(53-57)86-65-34-18-32-59(63-36-20-44-78-87(63)69-30-6-10-40-74(69)91(78)76-42-12-16-50-84(76)93-82-48-14-8-28-61(82)67-38-22-46-80(91)89(67)93)71(65)54-72-60(33-19-35-66(72)86)64-37-21-45-79-88(64)70-31-7-11-41-75(70)92(79)77-43-13-17-51-85(77)94-83-49-15-9-29-62(83)68-39-23-47-81(92)90(68)94/h1-54H. The third kappa shape index (κ3) is 6.13. The molecule has 94 heavy (non-hydrogen) atoms. The minimum absolute atomic E-state index is 0.600. The molecule has 2 spiro atoms. The molecule has 2 unspecified atom stereocenters. The summed E-state index contributed by atoms with van der Waals surface area (Å²) in [5.41, 5.74) is 31.7. The van der Waals surface area contributed by atoms with Crippen molar-refractivity contribution in [2.75, 3.05) is 0 Å². The van der Waals surface area contributed by atoms with Crippen molar-refractivity contribution in [2.24, 2.45) is 0 Å². The van der Waals surface area contributed by atoms with Crippen molar-refractivity contribution in [2.45, 2.75) is 10.8 Å². The first kappa shape index (κ1) is 50.6. The van der Waals surface area contributed by atoms with Crippen molar-refractivity contribution >= 4 is 75.9 Å². The van der Waals surface area contributed by atoms with Gasteiger partial charge in [0.1, 0.15) is 0 Å². The van der Waals surface area contributed by atoms with Gasteiger partial charge in [0.25, 0.3) is 0 Å². The van der Waals surface area contributed by atoms with Gasteiger partial charge in [-0.2, -0.15) is 0 Å². The highest BCUT2D eigenvalue weighted by Crippen LogP contribution is 2.65. The Kier molecular flexibility index (Phi) is 9.87. The van der Waals surface area contributed by atoms with Gasteiger partial charge in [0.15, 0.2) is 0 Å². The molecule has 2 aromatic heterocycles. The second kappa shape index (κ2) is 18.3. The van der Waals surface area contributed by atoms with E-state index < -0.39 is 10.8 Å². The first-order chi connectivity index (χ1) is 46.7. The molecule has 2 aliphatic carbocycles. The quantitative estimate of drug-likeness (QED) is 0.155. The van der Waals surface area contributed by atoms with Crippen molar-refractivity contribution < 1.29 is 0 Å². The van der Waals surface area contributed by atoms with Crippen LogP contribution in [0.5, 0.6) is 0 Å². The first-order valence-electron chi connectivity index (χ1n) is 33.0. The highest BCUT2D eigenvalue weighted by molar-refractivity contribution is 6.24. The van der Waals surface area contributed by atoms with Crippen LogP contribution in [0.2, 0.25) is 0 Å². The molecule has 16 aromatic carbocycles. The SMILES string of the molecule is c1ccc(-c2cc(-c3c4cccc(-c5cccc6c5-c5ccccc5C65c6ccccc6-n6c7ccccc7c7cccc5c76)c4cc4c(-c5cccc6c5-c5ccccc5C65c6ccccc6-n6c7ccccc7c7cccc5c76)cccc34)c3ccccc3c2)cc1. The van der Waals surface area contributed by atoms with Crippen LogP contribution in [0.25, 0.3) is 154 Å². The number of benzene rings is 16. The zero-order valence-electron chi connectivity index (χ0n) is 51.1. The monoisotopic (exact) mass is 1190 g/mol. The Morgan fingerprint density at radius 2 is 0.574 bits per heavy atom. The van der Waals surface area contributed by atoms with Crippen LogP contribution in [0, 0.1) is 0 Å². The molecule has 2 aliphatic heterocycles. The lowest BCUT2D eigenvalue weighted by Crippen LogP contribution is -2.33. The number of para-hydroxylation sites is 6. The molecule has 4 heterocycles. The molecule has 432 valence electrons. The van der Waals surface area contributed by atoms with Gasteiger partial charge < -0.3 is 9.13 Å². The summed E-state index contributed by atoms with van der Waals surface area (Å²) >= 11 is 0. The molecule has 2 atom stereocenters. The van der Waals surface area contributed by atoms with Gasteiger partial charge in [0.2, 0.25) is 0 Å². The van der Waals surface area contributed by atoms with Crippen LogP contribution in [0.15, 0.2) is 328 Å². The summed E-state index contributed by atoms with van der Waals surface area (Å²) in [7, 11) is 0. The topological polar surface area (TPSA) is 9.86 Å². The summed E-state index contributed by atoms with van der Waals surface area (Å²) in [5.74, 6) is 0. The van der Waals surface area contributed by atoms with Crippen molar-refractivity contribution in [3.8, 4) is 78.1 Å². The Bertz CT molecular complexity index is 6100. The minimum Gasteiger partial charge on any atom is -0.309 e. The molecule has 0 N–H and O–H groups in total. The predicted octanol–water partition coefficient (Wildman–Crippen LogP) is 23.4. The maximum atomic E-state index is 2.58. The highest BCUT2D eigenvalue weighted by Gasteiger charge is 2.53. The van der Waals surface area contributed by atoms with Gasteiger partial charge in [-0.3, -0.25) is 0 Å². The van der Waals surface area contributed by atoms with Crippen molar-refractivity contribution in [1.29, 1.82) is 0 Å². The summed E-state index contributed by atoms with van der Waals surface area (Å²) in [5, 5.41) is 12.4. The van der Waals surface area contributed by atoms with E-state index in [2.05, 4.69) is 337 Å². The Labute approximate surface area is 542 Å². The van der Waals surface area contributed by atoms with Gasteiger partial charge in [-0.15, -0.1) is 0 Å². The lowest BCUT2D eigenvalue weighted by molar-refractivity contribution is 0.748. The Morgan fingerprint density at radius 1 is 0.191 bits per heavy atom. The number of fused-ring (bicyclic) bond motifs is 27. The van der Waals surface area contributed by atoms with E-state index in [1.807, 2.05) is 0 Å². The molecule has 22 rings (SSSR count). The number of hydrogen-bond donors (Lipinski definition) is 0. The number of hydrogen-bond acceptors (Lipinski definition) is 0. The fraction of sp³-hybridized carbons (Fsp3) is 0.0217. The first-order valence-corrected chi connectivity index (χ1v) is 33.0. The normalized spacial score (nSPS) is 16.0. The molecule has 0 bridgehead atoms. The van der Waals surface area contributed by atoms with Gasteiger partial charge in [-0.1, -0.05) is 285 Å². The van der Waals surface area contributed by atoms with Crippen molar-refractivity contribution in [3.63, 3.8) is 0 Å². The van der Waals surface area contributed by atoms with Crippen LogP contribution >= 0.6 is 0 Å². The van der Waals surface area contributed by atoms with E-state index in [1.54, 1.807) is 0 Å². The number of aromatic nitrogens is 2. The third-order valence-electron chi connectivity index (χ3n) is 22.3. The molecule has 2 nitrogen and oxygen atoms in total. The second-order valence-corrected chi connectivity index (χ2v) is 26.4. The summed E-state index contributed by atoms with van der Waals surface area (Å²) in [4.78, 5) is 0. The zero-order chi connectivity index (χ0) is 61.1. The fourth-order valence-corrected chi connectivity index (χ4v) is 18.9. The molecule has 0 saturated heterocycles. The summed E-state index contributed by atoms with van der Waals surface area (Å²) in [6, 6.07) is 125. The Hall–Kier alpha value is -12.1. The maximum Gasteiger partial charge on any atom is 0.0754 e. The lowest BCUT2D eigenvalue weighted by atomic mass is 9.65. The Morgan fingerprint density at radius 3 is 1.13 bits per heavy atom. The Balaban J connectivity index is 0.857. The molecule has 2 heteroatoms. The molecule has 0 amide bonds. The van der Waals surface area contributed by atoms with E-state index in [9.17, 15) is 0 Å². The molecule has 0 fully saturated rings. The molecule has 4 aliphatic rings. The predicted molar refractivity (Wildman–Crippen MR) is 391 cm³/mol. The zero-order valence-corrected chi connectivity index (χ0v) is 51.1. The van der Waals surface area contributed by atoms with Crippen molar-refractivity contribution in [1.82, 2.24) is 9.13 Å².